The maximum absolute atomic E-state index is 12.0. The van der Waals surface area contributed by atoms with E-state index < -0.39 is 0 Å². The van der Waals surface area contributed by atoms with Crippen molar-refractivity contribution in [1.82, 2.24) is 10.2 Å². The summed E-state index contributed by atoms with van der Waals surface area (Å²) in [6.45, 7) is 3.00. The Morgan fingerprint density at radius 2 is 2.38 bits per heavy atom. The molecule has 13 heavy (non-hydrogen) atoms. The van der Waals surface area contributed by atoms with Gasteiger partial charge in [-0.3, -0.25) is 4.79 Å². The first-order chi connectivity index (χ1) is 6.17. The Balaban J connectivity index is 2.22. The molecule has 1 N–H and O–H groups in total. The largest absolute Gasteiger partial charge is 0.380 e. The SMILES string of the molecule is CN(C)C(=O)[C@]12CNC[C@H]1COC2. The zero-order valence-electron chi connectivity index (χ0n) is 8.17. The number of amides is 1. The van der Waals surface area contributed by atoms with Gasteiger partial charge in [-0.05, 0) is 0 Å². The van der Waals surface area contributed by atoms with Crippen LogP contribution in [0, 0.1) is 11.3 Å². The minimum absolute atomic E-state index is 0.208. The van der Waals surface area contributed by atoms with Gasteiger partial charge < -0.3 is 15.0 Å². The van der Waals surface area contributed by atoms with E-state index in [1.165, 1.54) is 0 Å². The maximum Gasteiger partial charge on any atom is 0.232 e. The Morgan fingerprint density at radius 1 is 1.62 bits per heavy atom. The molecule has 2 rings (SSSR count). The quantitative estimate of drug-likeness (QED) is 0.586. The van der Waals surface area contributed by atoms with Crippen molar-refractivity contribution in [1.29, 1.82) is 0 Å². The van der Waals surface area contributed by atoms with Crippen LogP contribution in [0.3, 0.4) is 0 Å². The number of rotatable bonds is 1. The number of carbonyl (C=O) groups excluding carboxylic acids is 1. The van der Waals surface area contributed by atoms with Gasteiger partial charge in [0.05, 0.1) is 18.6 Å². The number of fused-ring (bicyclic) bond motifs is 1. The zero-order valence-corrected chi connectivity index (χ0v) is 8.17. The van der Waals surface area contributed by atoms with Crippen LogP contribution in [0.25, 0.3) is 0 Å². The molecule has 4 heteroatoms. The van der Waals surface area contributed by atoms with E-state index in [1.54, 1.807) is 4.90 Å². The van der Waals surface area contributed by atoms with Crippen LogP contribution in [-0.2, 0) is 9.53 Å². The van der Waals surface area contributed by atoms with E-state index in [1.807, 2.05) is 14.1 Å². The Morgan fingerprint density at radius 3 is 3.08 bits per heavy atom. The molecule has 2 heterocycles. The predicted octanol–water partition coefficient (Wildman–Crippen LogP) is -0.689. The first kappa shape index (κ1) is 8.97. The van der Waals surface area contributed by atoms with E-state index in [4.69, 9.17) is 4.74 Å². The van der Waals surface area contributed by atoms with E-state index in [-0.39, 0.29) is 11.3 Å². The van der Waals surface area contributed by atoms with E-state index in [0.29, 0.717) is 12.5 Å². The molecule has 0 bridgehead atoms. The lowest BCUT2D eigenvalue weighted by atomic mass is 9.80. The van der Waals surface area contributed by atoms with Crippen LogP contribution in [0.1, 0.15) is 0 Å². The van der Waals surface area contributed by atoms with Crippen LogP contribution in [0.2, 0.25) is 0 Å². The fraction of sp³-hybridized carbons (Fsp3) is 0.889. The van der Waals surface area contributed by atoms with Crippen molar-refractivity contribution in [3.8, 4) is 0 Å². The van der Waals surface area contributed by atoms with Crippen LogP contribution in [0.4, 0.5) is 0 Å². The number of nitrogens with zero attached hydrogens (tertiary/aromatic N) is 1. The molecule has 0 spiro atoms. The third-order valence-corrected chi connectivity index (χ3v) is 3.12. The van der Waals surface area contributed by atoms with Crippen molar-refractivity contribution in [2.75, 3.05) is 40.4 Å². The monoisotopic (exact) mass is 184 g/mol. The van der Waals surface area contributed by atoms with E-state index >= 15 is 0 Å². The Kier molecular flexibility index (Phi) is 2.04. The van der Waals surface area contributed by atoms with Gasteiger partial charge >= 0.3 is 0 Å². The van der Waals surface area contributed by atoms with Gasteiger partial charge in [-0.25, -0.2) is 0 Å². The van der Waals surface area contributed by atoms with Crippen LogP contribution in [0.5, 0.6) is 0 Å². The number of hydrogen-bond acceptors (Lipinski definition) is 3. The zero-order chi connectivity index (χ0) is 9.47. The third-order valence-electron chi connectivity index (χ3n) is 3.12. The van der Waals surface area contributed by atoms with Gasteiger partial charge in [0.1, 0.15) is 0 Å². The highest BCUT2D eigenvalue weighted by Crippen LogP contribution is 2.38. The highest BCUT2D eigenvalue weighted by Gasteiger charge is 2.53. The lowest BCUT2D eigenvalue weighted by molar-refractivity contribution is -0.139. The van der Waals surface area contributed by atoms with Gasteiger partial charge in [0, 0.05) is 33.1 Å². The molecule has 0 radical (unpaired) electrons. The summed E-state index contributed by atoms with van der Waals surface area (Å²) in [5, 5.41) is 3.27. The van der Waals surface area contributed by atoms with Crippen molar-refractivity contribution >= 4 is 5.91 Å². The van der Waals surface area contributed by atoms with Crippen molar-refractivity contribution in [2.24, 2.45) is 11.3 Å². The van der Waals surface area contributed by atoms with E-state index in [2.05, 4.69) is 5.32 Å². The smallest absolute Gasteiger partial charge is 0.232 e. The first-order valence-corrected chi connectivity index (χ1v) is 4.67. The summed E-state index contributed by atoms with van der Waals surface area (Å²) in [4.78, 5) is 13.6. The third kappa shape index (κ3) is 1.16. The fourth-order valence-corrected chi connectivity index (χ4v) is 2.34. The molecule has 2 aliphatic rings. The van der Waals surface area contributed by atoms with Gasteiger partial charge in [0.15, 0.2) is 0 Å². The lowest BCUT2D eigenvalue weighted by Gasteiger charge is -2.28. The van der Waals surface area contributed by atoms with E-state index in [9.17, 15) is 4.79 Å². The van der Waals surface area contributed by atoms with Gasteiger partial charge in [-0.2, -0.15) is 0 Å². The number of nitrogens with one attached hydrogen (secondary N) is 1. The molecule has 4 nitrogen and oxygen atoms in total. The second-order valence-electron chi connectivity index (χ2n) is 4.20. The molecule has 2 atom stereocenters. The van der Waals surface area contributed by atoms with Crippen LogP contribution >= 0.6 is 0 Å². The minimum atomic E-state index is -0.260. The summed E-state index contributed by atoms with van der Waals surface area (Å²) < 4.78 is 5.40. The van der Waals surface area contributed by atoms with Crippen LogP contribution in [-0.4, -0.2) is 51.2 Å². The van der Waals surface area contributed by atoms with Crippen LogP contribution < -0.4 is 5.32 Å². The number of ether oxygens (including phenoxy) is 1. The van der Waals surface area contributed by atoms with Gasteiger partial charge in [-0.15, -0.1) is 0 Å². The van der Waals surface area contributed by atoms with Crippen molar-refractivity contribution in [3.05, 3.63) is 0 Å². The first-order valence-electron chi connectivity index (χ1n) is 4.67. The fourth-order valence-electron chi connectivity index (χ4n) is 2.34. The number of carbonyl (C=O) groups is 1. The second kappa shape index (κ2) is 2.96. The topological polar surface area (TPSA) is 41.6 Å². The van der Waals surface area contributed by atoms with Gasteiger partial charge in [-0.1, -0.05) is 0 Å². The second-order valence-corrected chi connectivity index (χ2v) is 4.20. The summed E-state index contributed by atoms with van der Waals surface area (Å²) in [5.74, 6) is 0.586. The molecule has 0 aliphatic carbocycles. The normalized spacial score (nSPS) is 37.5. The summed E-state index contributed by atoms with van der Waals surface area (Å²) >= 11 is 0. The molecular weight excluding hydrogens is 168 g/mol. The molecule has 0 unspecified atom stereocenters. The molecule has 0 aromatic rings. The Hall–Kier alpha value is -0.610. The Bertz CT molecular complexity index is 218. The molecule has 2 fully saturated rings. The molecule has 1 amide bonds. The van der Waals surface area contributed by atoms with Crippen molar-refractivity contribution < 1.29 is 9.53 Å². The predicted molar refractivity (Wildman–Crippen MR) is 48.3 cm³/mol. The molecule has 0 aromatic heterocycles. The molecule has 2 aliphatic heterocycles. The van der Waals surface area contributed by atoms with Crippen LogP contribution in [0.15, 0.2) is 0 Å². The molecule has 74 valence electrons. The maximum atomic E-state index is 12.0. The molecular formula is C9H16N2O2. The van der Waals surface area contributed by atoms with Crippen molar-refractivity contribution in [3.63, 3.8) is 0 Å². The average Bonchev–Trinajstić information content (AvgIpc) is 2.59. The minimum Gasteiger partial charge on any atom is -0.380 e. The summed E-state index contributed by atoms with van der Waals surface area (Å²) in [6, 6.07) is 0. The summed E-state index contributed by atoms with van der Waals surface area (Å²) in [7, 11) is 3.62. The average molecular weight is 184 g/mol. The van der Waals surface area contributed by atoms with Crippen molar-refractivity contribution in [2.45, 2.75) is 0 Å². The standard InChI is InChI=1S/C9H16N2O2/c1-11(2)8(12)9-5-10-3-7(9)4-13-6-9/h7,10H,3-6H2,1-2H3/t7-,9-/m0/s1. The van der Waals surface area contributed by atoms with Gasteiger partial charge in [0.25, 0.3) is 0 Å². The molecule has 2 saturated heterocycles. The summed E-state index contributed by atoms with van der Waals surface area (Å²) in [5.41, 5.74) is -0.260. The highest BCUT2D eigenvalue weighted by atomic mass is 16.5. The summed E-state index contributed by atoms with van der Waals surface area (Å²) in [6.07, 6.45) is 0. The number of hydrogen-bond donors (Lipinski definition) is 1. The van der Waals surface area contributed by atoms with E-state index in [0.717, 1.165) is 19.7 Å². The Labute approximate surface area is 78.2 Å². The van der Waals surface area contributed by atoms with Gasteiger partial charge in [0.2, 0.25) is 5.91 Å². The molecule has 0 aromatic carbocycles. The highest BCUT2D eigenvalue weighted by molar-refractivity contribution is 5.84. The molecule has 0 saturated carbocycles. The lowest BCUT2D eigenvalue weighted by Crippen LogP contribution is -2.45.